The Kier molecular flexibility index (Phi) is 3.93. The summed E-state index contributed by atoms with van der Waals surface area (Å²) in [6, 6.07) is 1.26. The average Bonchev–Trinajstić information content (AvgIpc) is 2.28. The topological polar surface area (TPSA) is 59.5 Å². The third-order valence-electron chi connectivity index (χ3n) is 1.94. The van der Waals surface area contributed by atoms with E-state index in [9.17, 15) is 14.0 Å². The first-order chi connectivity index (χ1) is 7.56. The highest BCUT2D eigenvalue weighted by atomic mass is 19.1. The molecule has 0 fully saturated rings. The molecule has 1 aromatic rings. The number of rotatable bonds is 3. The van der Waals surface area contributed by atoms with Gasteiger partial charge in [0.15, 0.2) is 5.82 Å². The molecule has 1 amide bonds. The van der Waals surface area contributed by atoms with Gasteiger partial charge in [0.25, 0.3) is 5.91 Å². The van der Waals surface area contributed by atoms with Gasteiger partial charge in [-0.3, -0.25) is 14.6 Å². The van der Waals surface area contributed by atoms with E-state index < -0.39 is 17.7 Å². The molecule has 0 radical (unpaired) electrons. The molecule has 1 heterocycles. The van der Waals surface area contributed by atoms with E-state index in [0.717, 1.165) is 11.1 Å². The zero-order valence-corrected chi connectivity index (χ0v) is 8.94. The summed E-state index contributed by atoms with van der Waals surface area (Å²) in [5.74, 6) is -1.88. The maximum absolute atomic E-state index is 13.2. The summed E-state index contributed by atoms with van der Waals surface area (Å²) in [6.07, 6.45) is 2.25. The van der Waals surface area contributed by atoms with Crippen molar-refractivity contribution in [3.8, 4) is 0 Å². The molecule has 0 aromatic carbocycles. The molecule has 86 valence electrons. The van der Waals surface area contributed by atoms with E-state index in [-0.39, 0.29) is 12.1 Å². The van der Waals surface area contributed by atoms with Crippen LogP contribution in [0.15, 0.2) is 18.5 Å². The smallest absolute Gasteiger partial charge is 0.325 e. The van der Waals surface area contributed by atoms with Crippen LogP contribution in [0.3, 0.4) is 0 Å². The number of ether oxygens (including phenoxy) is 1. The molecule has 16 heavy (non-hydrogen) atoms. The van der Waals surface area contributed by atoms with Gasteiger partial charge in [0.05, 0.1) is 18.9 Å². The number of halogens is 1. The normalized spacial score (nSPS) is 9.69. The fraction of sp³-hybridized carbons (Fsp3) is 0.300. The van der Waals surface area contributed by atoms with Crippen LogP contribution in [-0.2, 0) is 9.53 Å². The number of carbonyl (C=O) groups excluding carboxylic acids is 2. The number of aromatic nitrogens is 1. The highest BCUT2D eigenvalue weighted by Crippen LogP contribution is 2.07. The first kappa shape index (κ1) is 12.1. The van der Waals surface area contributed by atoms with Crippen LogP contribution in [-0.4, -0.2) is 42.5 Å². The molecule has 0 N–H and O–H groups in total. The first-order valence-electron chi connectivity index (χ1n) is 4.48. The molecule has 5 nitrogen and oxygen atoms in total. The van der Waals surface area contributed by atoms with Gasteiger partial charge in [-0.05, 0) is 6.07 Å². The second kappa shape index (κ2) is 5.20. The Morgan fingerprint density at radius 1 is 1.56 bits per heavy atom. The van der Waals surface area contributed by atoms with Gasteiger partial charge in [0.2, 0.25) is 0 Å². The fourth-order valence-electron chi connectivity index (χ4n) is 1.08. The summed E-state index contributed by atoms with van der Waals surface area (Å²) >= 11 is 0. The zero-order chi connectivity index (χ0) is 12.1. The minimum atomic E-state index is -0.718. The standard InChI is InChI=1S/C10H11FN2O3/c1-13(6-9(14)16-2)10(15)7-3-4-12-5-8(7)11/h3-5H,6H2,1-2H3. The molecular formula is C10H11FN2O3. The SMILES string of the molecule is COC(=O)CN(C)C(=O)c1ccncc1F. The highest BCUT2D eigenvalue weighted by Gasteiger charge is 2.18. The van der Waals surface area contributed by atoms with Crippen molar-refractivity contribution >= 4 is 11.9 Å². The molecule has 0 aliphatic rings. The Bertz CT molecular complexity index is 409. The number of esters is 1. The summed E-state index contributed by atoms with van der Waals surface area (Å²) in [5, 5.41) is 0. The zero-order valence-electron chi connectivity index (χ0n) is 8.94. The third kappa shape index (κ3) is 2.75. The first-order valence-corrected chi connectivity index (χ1v) is 4.48. The minimum Gasteiger partial charge on any atom is -0.468 e. The summed E-state index contributed by atoms with van der Waals surface area (Å²) in [7, 11) is 2.60. The van der Waals surface area contributed by atoms with Crippen molar-refractivity contribution in [2.24, 2.45) is 0 Å². The molecule has 0 bridgehead atoms. The largest absolute Gasteiger partial charge is 0.468 e. The van der Waals surface area contributed by atoms with E-state index in [1.807, 2.05) is 0 Å². The lowest BCUT2D eigenvalue weighted by atomic mass is 10.2. The molecule has 0 saturated carbocycles. The Morgan fingerprint density at radius 3 is 2.81 bits per heavy atom. The van der Waals surface area contributed by atoms with Gasteiger partial charge in [-0.25, -0.2) is 4.39 Å². The lowest BCUT2D eigenvalue weighted by Crippen LogP contribution is -2.33. The predicted molar refractivity (Wildman–Crippen MR) is 53.2 cm³/mol. The van der Waals surface area contributed by atoms with Crippen LogP contribution in [0.4, 0.5) is 4.39 Å². The van der Waals surface area contributed by atoms with Gasteiger partial charge in [-0.15, -0.1) is 0 Å². The molecule has 0 atom stereocenters. The minimum absolute atomic E-state index is 0.124. The quantitative estimate of drug-likeness (QED) is 0.703. The van der Waals surface area contributed by atoms with Crippen molar-refractivity contribution < 1.29 is 18.7 Å². The van der Waals surface area contributed by atoms with Crippen LogP contribution >= 0.6 is 0 Å². The molecule has 1 rings (SSSR count). The molecule has 0 aliphatic carbocycles. The molecule has 0 spiro atoms. The van der Waals surface area contributed by atoms with Gasteiger partial charge in [-0.1, -0.05) is 0 Å². The molecule has 1 aromatic heterocycles. The highest BCUT2D eigenvalue weighted by molar-refractivity contribution is 5.95. The van der Waals surface area contributed by atoms with Crippen molar-refractivity contribution in [1.82, 2.24) is 9.88 Å². The third-order valence-corrected chi connectivity index (χ3v) is 1.94. The number of amides is 1. The Morgan fingerprint density at radius 2 is 2.25 bits per heavy atom. The van der Waals surface area contributed by atoms with E-state index >= 15 is 0 Å². The van der Waals surface area contributed by atoms with Gasteiger partial charge in [-0.2, -0.15) is 0 Å². The van der Waals surface area contributed by atoms with Crippen molar-refractivity contribution in [3.05, 3.63) is 29.8 Å². The van der Waals surface area contributed by atoms with E-state index in [4.69, 9.17) is 0 Å². The lowest BCUT2D eigenvalue weighted by Gasteiger charge is -2.15. The fourth-order valence-corrected chi connectivity index (χ4v) is 1.08. The van der Waals surface area contributed by atoms with E-state index in [2.05, 4.69) is 9.72 Å². The monoisotopic (exact) mass is 226 g/mol. The number of methoxy groups -OCH3 is 1. The van der Waals surface area contributed by atoms with Gasteiger partial charge >= 0.3 is 5.97 Å². The molecule has 0 aliphatic heterocycles. The van der Waals surface area contributed by atoms with Crippen LogP contribution in [0.25, 0.3) is 0 Å². The van der Waals surface area contributed by atoms with Crippen LogP contribution in [0, 0.1) is 5.82 Å². The number of likely N-dealkylation sites (N-methyl/N-ethyl adjacent to an activating group) is 1. The number of hydrogen-bond acceptors (Lipinski definition) is 4. The van der Waals surface area contributed by atoms with Gasteiger partial charge in [0.1, 0.15) is 6.54 Å². The average molecular weight is 226 g/mol. The number of hydrogen-bond donors (Lipinski definition) is 0. The Hall–Kier alpha value is -1.98. The number of pyridine rings is 1. The Balaban J connectivity index is 2.79. The van der Waals surface area contributed by atoms with E-state index in [0.29, 0.717) is 0 Å². The number of carbonyl (C=O) groups is 2. The van der Waals surface area contributed by atoms with Crippen LogP contribution in [0.5, 0.6) is 0 Å². The maximum atomic E-state index is 13.2. The van der Waals surface area contributed by atoms with Crippen LogP contribution in [0.2, 0.25) is 0 Å². The second-order valence-electron chi connectivity index (χ2n) is 3.09. The van der Waals surface area contributed by atoms with Crippen LogP contribution < -0.4 is 0 Å². The van der Waals surface area contributed by atoms with Gasteiger partial charge < -0.3 is 9.64 Å². The summed E-state index contributed by atoms with van der Waals surface area (Å²) < 4.78 is 17.6. The summed E-state index contributed by atoms with van der Waals surface area (Å²) in [4.78, 5) is 27.2. The van der Waals surface area contributed by atoms with Gasteiger partial charge in [0, 0.05) is 13.2 Å². The lowest BCUT2D eigenvalue weighted by molar-refractivity contribution is -0.141. The van der Waals surface area contributed by atoms with Crippen LogP contribution in [0.1, 0.15) is 10.4 Å². The maximum Gasteiger partial charge on any atom is 0.325 e. The molecule has 6 heteroatoms. The summed E-state index contributed by atoms with van der Waals surface area (Å²) in [5.41, 5.74) is -0.124. The van der Waals surface area contributed by atoms with Crippen molar-refractivity contribution in [2.45, 2.75) is 0 Å². The predicted octanol–water partition coefficient (Wildman–Crippen LogP) is 0.466. The summed E-state index contributed by atoms with van der Waals surface area (Å²) in [6.45, 7) is -0.225. The van der Waals surface area contributed by atoms with Crippen molar-refractivity contribution in [3.63, 3.8) is 0 Å². The van der Waals surface area contributed by atoms with E-state index in [1.165, 1.54) is 26.4 Å². The Labute approximate surface area is 91.8 Å². The van der Waals surface area contributed by atoms with Crippen molar-refractivity contribution in [1.29, 1.82) is 0 Å². The molecule has 0 unspecified atom stereocenters. The second-order valence-corrected chi connectivity index (χ2v) is 3.09. The molecule has 0 saturated heterocycles. The molecular weight excluding hydrogens is 215 g/mol. The van der Waals surface area contributed by atoms with Crippen molar-refractivity contribution in [2.75, 3.05) is 20.7 Å². The number of nitrogens with zero attached hydrogens (tertiary/aromatic N) is 2. The van der Waals surface area contributed by atoms with E-state index in [1.54, 1.807) is 0 Å².